The molecular weight excluding hydrogens is 1310 g/mol. The van der Waals surface area contributed by atoms with Crippen LogP contribution in [0.3, 0.4) is 0 Å². The molecule has 0 unspecified atom stereocenters. The van der Waals surface area contributed by atoms with Crippen LogP contribution in [-0.4, -0.2) is 161 Å². The molecule has 6 rings (SSSR count). The number of anilines is 2. The topological polar surface area (TPSA) is 472 Å². The smallest absolute Gasteiger partial charge is 0.416 e. The SMILES string of the molecule is COc1cc(OC)nc(NC(=O)NS(=O)(=O)c2ncccc2C(=O)N(C)C)n1.COc1nc(C)nc(NC(=O)NS(=O)(=O)c2ccccc2CCC(F)(F)F)n1.O=C(O)CNCP(=O)(O)O.O=C(O)c1cc(Oc2ccc(C(F)(F)F)cc2Cl)ccc1[N+](=O)[O-]. The number of carbonyl (C=O) groups is 5. The lowest BCUT2D eigenvalue weighted by Crippen LogP contribution is -2.36. The molecule has 0 spiro atoms. The van der Waals surface area contributed by atoms with E-state index in [0.29, 0.717) is 6.07 Å². The lowest BCUT2D eigenvalue weighted by atomic mass is 10.1. The highest BCUT2D eigenvalue weighted by Gasteiger charge is 2.32. The van der Waals surface area contributed by atoms with Crippen molar-refractivity contribution in [3.63, 3.8) is 0 Å². The van der Waals surface area contributed by atoms with E-state index in [1.165, 1.54) is 89.8 Å². The Labute approximate surface area is 508 Å². The van der Waals surface area contributed by atoms with Crippen LogP contribution in [-0.2, 0) is 42.0 Å². The number of alkyl halides is 6. The third-order valence-electron chi connectivity index (χ3n) is 9.99. The number of ether oxygens (including phenoxy) is 4. The first-order chi connectivity index (χ1) is 41.7. The Morgan fingerprint density at radius 3 is 1.86 bits per heavy atom. The molecule has 0 fully saturated rings. The number of aliphatic carboxylic acids is 1. The molecule has 0 saturated carbocycles. The summed E-state index contributed by atoms with van der Waals surface area (Å²) in [5, 5.41) is 33.1. The van der Waals surface area contributed by atoms with Crippen LogP contribution in [0.4, 0.5) is 53.5 Å². The number of amides is 5. The molecule has 3 aromatic heterocycles. The zero-order valence-corrected chi connectivity index (χ0v) is 50.0. The molecule has 90 heavy (non-hydrogen) atoms. The van der Waals surface area contributed by atoms with Crippen LogP contribution in [0.2, 0.25) is 5.02 Å². The molecule has 9 N–H and O–H groups in total. The van der Waals surface area contributed by atoms with Gasteiger partial charge in [-0.25, -0.2) is 37.2 Å². The lowest BCUT2D eigenvalue weighted by molar-refractivity contribution is -0.385. The first-order valence-corrected chi connectivity index (χ1v) is 29.1. The highest BCUT2D eigenvalue weighted by Crippen LogP contribution is 2.37. The van der Waals surface area contributed by atoms with Gasteiger partial charge in [0.1, 0.15) is 22.9 Å². The number of nitrogens with zero attached hydrogens (tertiary/aromatic N) is 8. The number of hydrogen-bond donors (Lipinski definition) is 9. The molecular formula is C47H49ClF6N13O20PS2. The monoisotopic (exact) mass is 1360 g/mol. The average Bonchev–Trinajstić information content (AvgIpc) is 0.871. The molecule has 33 nitrogen and oxygen atoms in total. The Kier molecular flexibility index (Phi) is 27.0. The second kappa shape index (κ2) is 32.5. The summed E-state index contributed by atoms with van der Waals surface area (Å²) in [7, 11) is -6.09. The minimum atomic E-state index is -4.58. The number of sulfonamides is 2. The molecule has 488 valence electrons. The van der Waals surface area contributed by atoms with Crippen molar-refractivity contribution in [2.75, 3.05) is 58.9 Å². The number of nitro groups is 1. The number of aromatic carboxylic acids is 1. The number of benzene rings is 3. The summed E-state index contributed by atoms with van der Waals surface area (Å²) in [6.07, 6.45) is -10.2. The maximum atomic E-state index is 12.6. The van der Waals surface area contributed by atoms with Gasteiger partial charge in [-0.05, 0) is 61.4 Å². The standard InChI is InChI=1S/C15H16F3N5O4S.C15H18N6O6S.C14H7ClF3NO5.C3H8NO5P/c1-9-19-12(22-14(20-9)27-2)21-13(24)23-28(25,26)11-6-4-3-5-10(11)7-8-15(16,17)18;1-21(2)13(22)9-6-5-7-16-12(9)28(24,25)20-15(23)19-14-17-10(26-3)8-11(18-14)27-4;15-10-5-7(14(16,17)18)1-4-12(10)24-8-2-3-11(19(22)23)9(6-8)13(20)21;5-3(6)1-4-2-10(7,8)9/h3-6H,7-8H2,1-2H3,(H2,19,20,21,22,23,24);5-8H,1-4H3,(H2,17,18,19,20,23);1-6H,(H,20,21);4H,1-2H2,(H,5,6)(H2,7,8,9). The number of aryl methyl sites for hydroxylation is 2. The van der Waals surface area contributed by atoms with Crippen molar-refractivity contribution in [2.45, 2.75) is 42.0 Å². The molecule has 3 aromatic carbocycles. The minimum Gasteiger partial charge on any atom is -0.481 e. The fourth-order valence-electron chi connectivity index (χ4n) is 6.24. The predicted octanol–water partition coefficient (Wildman–Crippen LogP) is 5.85. The number of aromatic nitrogens is 6. The molecule has 0 radical (unpaired) electrons. The molecule has 43 heteroatoms. The van der Waals surface area contributed by atoms with Crippen molar-refractivity contribution in [2.24, 2.45) is 0 Å². The quantitative estimate of drug-likeness (QED) is 0.0187. The second-order valence-corrected chi connectivity index (χ2v) is 22.3. The van der Waals surface area contributed by atoms with E-state index in [2.05, 4.69) is 45.9 Å². The van der Waals surface area contributed by atoms with E-state index in [0.717, 1.165) is 36.4 Å². The van der Waals surface area contributed by atoms with Crippen LogP contribution in [0.1, 0.15) is 44.1 Å². The molecule has 3 heterocycles. The van der Waals surface area contributed by atoms with E-state index < -0.39 is 127 Å². The van der Waals surface area contributed by atoms with Gasteiger partial charge >= 0.3 is 50.0 Å². The zero-order valence-electron chi connectivity index (χ0n) is 46.7. The Balaban J connectivity index is 0.000000328. The van der Waals surface area contributed by atoms with Crippen LogP contribution in [0.5, 0.6) is 29.3 Å². The van der Waals surface area contributed by atoms with Gasteiger partial charge in [0, 0.05) is 38.8 Å². The average molecular weight is 1360 g/mol. The van der Waals surface area contributed by atoms with Crippen molar-refractivity contribution in [1.82, 2.24) is 49.6 Å². The first kappa shape index (κ1) is 74.6. The number of hydrogen-bond acceptors (Lipinski definition) is 23. The molecule has 6 aromatic rings. The van der Waals surface area contributed by atoms with E-state index in [9.17, 15) is 81.8 Å². The Bertz CT molecular complexity index is 3850. The van der Waals surface area contributed by atoms with Gasteiger partial charge in [-0.3, -0.25) is 40.2 Å². The summed E-state index contributed by atoms with van der Waals surface area (Å²) in [5.41, 5.74) is -2.51. The van der Waals surface area contributed by atoms with Crippen LogP contribution in [0, 0.1) is 17.0 Å². The van der Waals surface area contributed by atoms with Crippen LogP contribution in [0.15, 0.2) is 95.0 Å². The van der Waals surface area contributed by atoms with Gasteiger partial charge in [0.15, 0.2) is 5.03 Å². The Hall–Kier alpha value is -9.67. The number of halogens is 7. The third kappa shape index (κ3) is 24.8. The first-order valence-electron chi connectivity index (χ1n) is 23.9. The number of nitro benzene ring substituents is 1. The number of rotatable bonds is 20. The number of methoxy groups -OCH3 is 3. The summed E-state index contributed by atoms with van der Waals surface area (Å²) in [4.78, 5) is 107. The number of carboxylic acid groups (broad SMARTS) is 2. The second-order valence-electron chi connectivity index (χ2n) is 17.0. The largest absolute Gasteiger partial charge is 0.481 e. The minimum absolute atomic E-state index is 0.0715. The van der Waals surface area contributed by atoms with Crippen molar-refractivity contribution < 1.29 is 116 Å². The van der Waals surface area contributed by atoms with Crippen molar-refractivity contribution in [3.8, 4) is 29.3 Å². The third-order valence-corrected chi connectivity index (χ3v) is 13.6. The highest BCUT2D eigenvalue weighted by molar-refractivity contribution is 7.90. The van der Waals surface area contributed by atoms with E-state index >= 15 is 0 Å². The number of urea groups is 2. The van der Waals surface area contributed by atoms with Crippen molar-refractivity contribution in [1.29, 1.82) is 0 Å². The number of pyridine rings is 1. The van der Waals surface area contributed by atoms with Gasteiger partial charge in [0.2, 0.25) is 23.7 Å². The van der Waals surface area contributed by atoms with Crippen LogP contribution in [0.25, 0.3) is 0 Å². The number of nitrogens with one attached hydrogen (secondary N) is 5. The van der Waals surface area contributed by atoms with E-state index in [-0.39, 0.29) is 63.1 Å². The van der Waals surface area contributed by atoms with Crippen LogP contribution < -0.4 is 44.3 Å². The van der Waals surface area contributed by atoms with Crippen molar-refractivity contribution >= 4 is 86.7 Å². The Morgan fingerprint density at radius 2 is 1.34 bits per heavy atom. The van der Waals surface area contributed by atoms with Gasteiger partial charge in [0.05, 0.1) is 66.2 Å². The maximum absolute atomic E-state index is 12.6. The van der Waals surface area contributed by atoms with E-state index in [1.54, 1.807) is 9.44 Å². The normalized spacial score (nSPS) is 11.2. The maximum Gasteiger partial charge on any atom is 0.416 e. The fraction of sp³-hybridized carbons (Fsp3) is 0.255. The van der Waals surface area contributed by atoms with E-state index in [1.807, 2.05) is 0 Å². The molecule has 0 atom stereocenters. The van der Waals surface area contributed by atoms with Crippen LogP contribution >= 0.6 is 19.2 Å². The Morgan fingerprint density at radius 1 is 0.756 bits per heavy atom. The number of carbonyl (C=O) groups excluding carboxylic acids is 3. The molecule has 0 aliphatic heterocycles. The summed E-state index contributed by atoms with van der Waals surface area (Å²) in [6, 6.07) is 12.0. The summed E-state index contributed by atoms with van der Waals surface area (Å²) in [5.74, 6) is -3.69. The lowest BCUT2D eigenvalue weighted by Gasteiger charge is -2.14. The van der Waals surface area contributed by atoms with Gasteiger partial charge in [-0.1, -0.05) is 29.8 Å². The van der Waals surface area contributed by atoms with Gasteiger partial charge < -0.3 is 43.8 Å². The number of carboxylic acids is 2. The summed E-state index contributed by atoms with van der Waals surface area (Å²) < 4.78 is 158. The summed E-state index contributed by atoms with van der Waals surface area (Å²) >= 11 is 5.72. The zero-order chi connectivity index (χ0) is 68.1. The highest BCUT2D eigenvalue weighted by atomic mass is 35.5. The molecule has 5 amide bonds. The van der Waals surface area contributed by atoms with Gasteiger partial charge in [-0.2, -0.15) is 59.7 Å². The van der Waals surface area contributed by atoms with Gasteiger partial charge in [-0.15, -0.1) is 0 Å². The molecule has 0 aliphatic rings. The van der Waals surface area contributed by atoms with Gasteiger partial charge in [0.25, 0.3) is 31.6 Å². The molecule has 0 aliphatic carbocycles. The molecule has 0 saturated heterocycles. The summed E-state index contributed by atoms with van der Waals surface area (Å²) in [6.45, 7) is 1.06. The fourth-order valence-corrected chi connectivity index (χ4v) is 9.07. The van der Waals surface area contributed by atoms with E-state index in [4.69, 9.17) is 50.5 Å². The predicted molar refractivity (Wildman–Crippen MR) is 297 cm³/mol. The molecule has 0 bridgehead atoms. The van der Waals surface area contributed by atoms with Crippen molar-refractivity contribution in [3.05, 3.63) is 128 Å².